The maximum atomic E-state index is 5.95. The molecule has 1 atom stereocenters. The van der Waals surface area contributed by atoms with Gasteiger partial charge in [0.15, 0.2) is 0 Å². The molecule has 2 nitrogen and oxygen atoms in total. The van der Waals surface area contributed by atoms with E-state index in [4.69, 9.17) is 40.2 Å². The minimum Gasteiger partial charge on any atom is -0.470 e. The Morgan fingerprint density at radius 1 is 1.14 bits per heavy atom. The summed E-state index contributed by atoms with van der Waals surface area (Å²) in [5, 5.41) is 4.28. The molecule has 1 unspecified atom stereocenters. The lowest BCUT2D eigenvalue weighted by atomic mass is 10.0. The van der Waals surface area contributed by atoms with Gasteiger partial charge in [-0.05, 0) is 36.0 Å². The smallest absolute Gasteiger partial charge is 0.261 e. The van der Waals surface area contributed by atoms with Gasteiger partial charge in [0.1, 0.15) is 0 Å². The molecule has 2 aromatic carbocycles. The predicted octanol–water partition coefficient (Wildman–Crippen LogP) is 5.51. The summed E-state index contributed by atoms with van der Waals surface area (Å²) >= 11 is 17.0. The van der Waals surface area contributed by atoms with E-state index in [1.807, 2.05) is 18.2 Å². The highest BCUT2D eigenvalue weighted by Crippen LogP contribution is 2.25. The van der Waals surface area contributed by atoms with Crippen LogP contribution >= 0.6 is 35.4 Å². The van der Waals surface area contributed by atoms with Crippen LogP contribution in [0.3, 0.4) is 0 Å². The fourth-order valence-corrected chi connectivity index (χ4v) is 2.29. The van der Waals surface area contributed by atoms with Crippen molar-refractivity contribution in [1.82, 2.24) is 0 Å². The quantitative estimate of drug-likeness (QED) is 0.742. The number of rotatable bonds is 4. The molecule has 0 saturated carbocycles. The van der Waals surface area contributed by atoms with Gasteiger partial charge in [0, 0.05) is 11.6 Å². The molecule has 2 aromatic rings. The van der Waals surface area contributed by atoms with Gasteiger partial charge in [-0.3, -0.25) is 0 Å². The van der Waals surface area contributed by atoms with Crippen molar-refractivity contribution in [2.24, 2.45) is 0 Å². The third kappa shape index (κ3) is 4.88. The Morgan fingerprint density at radius 2 is 1.86 bits per heavy atom. The second-order valence-electron chi connectivity index (χ2n) is 4.66. The molecule has 0 saturated heterocycles. The first-order valence-corrected chi connectivity index (χ1v) is 7.66. The van der Waals surface area contributed by atoms with Gasteiger partial charge in [-0.2, -0.15) is 0 Å². The Labute approximate surface area is 140 Å². The first-order chi connectivity index (χ1) is 10.1. The molecule has 0 amide bonds. The van der Waals surface area contributed by atoms with E-state index < -0.39 is 0 Å². The van der Waals surface area contributed by atoms with Crippen molar-refractivity contribution in [3.63, 3.8) is 0 Å². The van der Waals surface area contributed by atoms with Crippen LogP contribution in [-0.4, -0.2) is 11.8 Å². The first kappa shape index (κ1) is 16.1. The Kier molecular flexibility index (Phi) is 5.85. The minimum atomic E-state index is 0.264. The van der Waals surface area contributed by atoms with Crippen molar-refractivity contribution in [3.8, 4) is 0 Å². The lowest BCUT2D eigenvalue weighted by Gasteiger charge is -2.15. The number of hydrogen-bond donors (Lipinski definition) is 1. The molecule has 0 heterocycles. The third-order valence-electron chi connectivity index (χ3n) is 3.00. The molecule has 0 aromatic heterocycles. The van der Waals surface area contributed by atoms with Gasteiger partial charge in [-0.25, -0.2) is 0 Å². The molecule has 0 spiro atoms. The van der Waals surface area contributed by atoms with Crippen LogP contribution in [0, 0.1) is 0 Å². The van der Waals surface area contributed by atoms with Crippen LogP contribution in [0.4, 0.5) is 5.69 Å². The van der Waals surface area contributed by atoms with Gasteiger partial charge in [-0.1, -0.05) is 60.5 Å². The SMILES string of the molecule is CC(COC(=S)Nc1ccc(Cl)c(Cl)c1)c1ccccc1. The summed E-state index contributed by atoms with van der Waals surface area (Å²) in [6.07, 6.45) is 0. The molecule has 0 aliphatic carbocycles. The minimum absolute atomic E-state index is 0.264. The van der Waals surface area contributed by atoms with Gasteiger partial charge in [0.25, 0.3) is 5.17 Å². The predicted molar refractivity (Wildman–Crippen MR) is 93.5 cm³/mol. The average Bonchev–Trinajstić information content (AvgIpc) is 2.49. The zero-order valence-electron chi connectivity index (χ0n) is 11.5. The van der Waals surface area contributed by atoms with Crippen molar-refractivity contribution in [3.05, 3.63) is 64.1 Å². The Balaban J connectivity index is 1.86. The van der Waals surface area contributed by atoms with E-state index in [1.165, 1.54) is 5.56 Å². The molecule has 0 aliphatic rings. The van der Waals surface area contributed by atoms with Crippen molar-refractivity contribution >= 4 is 46.3 Å². The number of benzene rings is 2. The number of anilines is 1. The summed E-state index contributed by atoms with van der Waals surface area (Å²) in [6, 6.07) is 15.4. The van der Waals surface area contributed by atoms with E-state index in [0.717, 1.165) is 5.69 Å². The van der Waals surface area contributed by atoms with Crippen molar-refractivity contribution in [2.45, 2.75) is 12.8 Å². The molecule has 1 N–H and O–H groups in total. The van der Waals surface area contributed by atoms with E-state index >= 15 is 0 Å². The van der Waals surface area contributed by atoms with Crippen LogP contribution in [0.2, 0.25) is 10.0 Å². The van der Waals surface area contributed by atoms with Gasteiger partial charge < -0.3 is 10.1 Å². The molecule has 0 radical (unpaired) electrons. The average molecular weight is 340 g/mol. The molecule has 0 aliphatic heterocycles. The summed E-state index contributed by atoms with van der Waals surface area (Å²) in [4.78, 5) is 0. The van der Waals surface area contributed by atoms with Gasteiger partial charge in [-0.15, -0.1) is 0 Å². The van der Waals surface area contributed by atoms with Crippen molar-refractivity contribution in [2.75, 3.05) is 11.9 Å². The van der Waals surface area contributed by atoms with Crippen LogP contribution in [0.5, 0.6) is 0 Å². The zero-order chi connectivity index (χ0) is 15.2. The molecule has 0 bridgehead atoms. The third-order valence-corrected chi connectivity index (χ3v) is 3.96. The Hall–Kier alpha value is -1.29. The normalized spacial score (nSPS) is 11.8. The number of thiocarbonyl (C=S) groups is 1. The van der Waals surface area contributed by atoms with Crippen LogP contribution in [-0.2, 0) is 4.74 Å². The molecule has 2 rings (SSSR count). The highest BCUT2D eigenvalue weighted by Gasteiger charge is 2.08. The molecule has 0 fully saturated rings. The molecule has 21 heavy (non-hydrogen) atoms. The topological polar surface area (TPSA) is 21.3 Å². The summed E-state index contributed by atoms with van der Waals surface area (Å²) in [5.41, 5.74) is 1.97. The van der Waals surface area contributed by atoms with Crippen LogP contribution in [0.15, 0.2) is 48.5 Å². The fraction of sp³-hybridized carbons (Fsp3) is 0.188. The van der Waals surface area contributed by atoms with Crippen LogP contribution in [0.25, 0.3) is 0 Å². The zero-order valence-corrected chi connectivity index (χ0v) is 13.8. The van der Waals surface area contributed by atoms with E-state index in [-0.39, 0.29) is 5.92 Å². The molecular weight excluding hydrogens is 325 g/mol. The summed E-state index contributed by atoms with van der Waals surface area (Å²) in [6.45, 7) is 2.61. The van der Waals surface area contributed by atoms with E-state index in [2.05, 4.69) is 24.4 Å². The van der Waals surface area contributed by atoms with Crippen LogP contribution < -0.4 is 5.32 Å². The summed E-state index contributed by atoms with van der Waals surface area (Å²) in [7, 11) is 0. The summed E-state index contributed by atoms with van der Waals surface area (Å²) in [5.74, 6) is 0.264. The summed E-state index contributed by atoms with van der Waals surface area (Å²) < 4.78 is 5.58. The molecular formula is C16H15Cl2NOS. The number of nitrogens with one attached hydrogen (secondary N) is 1. The van der Waals surface area contributed by atoms with Crippen molar-refractivity contribution in [1.29, 1.82) is 0 Å². The lowest BCUT2D eigenvalue weighted by Crippen LogP contribution is -2.16. The highest BCUT2D eigenvalue weighted by atomic mass is 35.5. The monoisotopic (exact) mass is 339 g/mol. The lowest BCUT2D eigenvalue weighted by molar-refractivity contribution is 0.290. The fourth-order valence-electron chi connectivity index (χ4n) is 1.81. The van der Waals surface area contributed by atoms with Gasteiger partial charge in [0.05, 0.1) is 16.7 Å². The van der Waals surface area contributed by atoms with E-state index in [9.17, 15) is 0 Å². The number of hydrogen-bond acceptors (Lipinski definition) is 2. The number of ether oxygens (including phenoxy) is 1. The second kappa shape index (κ2) is 7.64. The Bertz CT molecular complexity index is 619. The first-order valence-electron chi connectivity index (χ1n) is 6.50. The maximum Gasteiger partial charge on any atom is 0.261 e. The number of halogens is 2. The van der Waals surface area contributed by atoms with Gasteiger partial charge >= 0.3 is 0 Å². The van der Waals surface area contributed by atoms with E-state index in [0.29, 0.717) is 21.8 Å². The Morgan fingerprint density at radius 3 is 2.52 bits per heavy atom. The molecule has 5 heteroatoms. The van der Waals surface area contributed by atoms with E-state index in [1.54, 1.807) is 18.2 Å². The largest absolute Gasteiger partial charge is 0.470 e. The molecule has 110 valence electrons. The highest BCUT2D eigenvalue weighted by molar-refractivity contribution is 7.80. The van der Waals surface area contributed by atoms with Crippen molar-refractivity contribution < 1.29 is 4.74 Å². The standard InChI is InChI=1S/C16H15Cl2NOS/c1-11(12-5-3-2-4-6-12)10-20-16(21)19-13-7-8-14(17)15(18)9-13/h2-9,11H,10H2,1H3,(H,19,21). The maximum absolute atomic E-state index is 5.95. The second-order valence-corrected chi connectivity index (χ2v) is 5.85. The van der Waals surface area contributed by atoms with Crippen LogP contribution in [0.1, 0.15) is 18.4 Å². The van der Waals surface area contributed by atoms with Gasteiger partial charge in [0.2, 0.25) is 0 Å².